The minimum Gasteiger partial charge on any atom is -0.396 e. The summed E-state index contributed by atoms with van der Waals surface area (Å²) in [5.41, 5.74) is 4.91. The number of nitrogen functional groups attached to an aromatic ring is 1. The molecule has 0 bridgehead atoms. The Labute approximate surface area is 162 Å². The summed E-state index contributed by atoms with van der Waals surface area (Å²) >= 11 is 1.15. The normalized spacial score (nSPS) is 20.0. The number of halogens is 3. The molecule has 2 heterocycles. The van der Waals surface area contributed by atoms with Crippen LogP contribution in [0.5, 0.6) is 0 Å². The molecule has 4 rings (SSSR count). The van der Waals surface area contributed by atoms with Crippen molar-refractivity contribution in [2.75, 3.05) is 17.7 Å². The summed E-state index contributed by atoms with van der Waals surface area (Å²) in [5.74, 6) is -0.288. The monoisotopic (exact) mass is 409 g/mol. The molecule has 0 aliphatic heterocycles. The van der Waals surface area contributed by atoms with E-state index in [4.69, 9.17) is 5.73 Å². The second-order valence-electron chi connectivity index (χ2n) is 6.84. The van der Waals surface area contributed by atoms with Crippen LogP contribution in [0.4, 0.5) is 24.9 Å². The molecular weight excluding hydrogens is 391 g/mol. The van der Waals surface area contributed by atoms with Crippen LogP contribution < -0.4 is 11.1 Å². The van der Waals surface area contributed by atoms with Gasteiger partial charge in [0.15, 0.2) is 5.69 Å². The van der Waals surface area contributed by atoms with Crippen molar-refractivity contribution < 1.29 is 18.3 Å². The van der Waals surface area contributed by atoms with E-state index in [1.165, 1.54) is 0 Å². The molecule has 2 aromatic heterocycles. The van der Waals surface area contributed by atoms with Crippen LogP contribution in [0, 0.1) is 5.92 Å². The molecule has 148 valence electrons. The number of alkyl halides is 3. The highest BCUT2D eigenvalue weighted by atomic mass is 32.1. The number of nitrogens with one attached hydrogen (secondary N) is 1. The molecule has 1 saturated carbocycles. The smallest absolute Gasteiger partial charge is 0.396 e. The Bertz CT molecular complexity index is 974. The van der Waals surface area contributed by atoms with Crippen molar-refractivity contribution in [2.24, 2.45) is 5.92 Å². The van der Waals surface area contributed by atoms with Crippen LogP contribution in [-0.4, -0.2) is 32.7 Å². The van der Waals surface area contributed by atoms with Gasteiger partial charge in [0, 0.05) is 12.6 Å². The average Bonchev–Trinajstić information content (AvgIpc) is 3.26. The van der Waals surface area contributed by atoms with E-state index in [0.29, 0.717) is 11.9 Å². The number of nitrogens with two attached hydrogens (primary N) is 1. The zero-order valence-electron chi connectivity index (χ0n) is 14.7. The summed E-state index contributed by atoms with van der Waals surface area (Å²) < 4.78 is 42.0. The predicted octanol–water partition coefficient (Wildman–Crippen LogP) is 3.93. The average molecular weight is 409 g/mol. The first kappa shape index (κ1) is 18.9. The maximum atomic E-state index is 13.7. The summed E-state index contributed by atoms with van der Waals surface area (Å²) in [6.45, 7) is 0.0582. The van der Waals surface area contributed by atoms with Gasteiger partial charge in [-0.15, -0.1) is 11.3 Å². The molecule has 28 heavy (non-hydrogen) atoms. The summed E-state index contributed by atoms with van der Waals surface area (Å²) in [6, 6.07) is 7.04. The fraction of sp³-hybridized carbons (Fsp3) is 0.389. The lowest BCUT2D eigenvalue weighted by atomic mass is 10.1. The summed E-state index contributed by atoms with van der Waals surface area (Å²) in [7, 11) is 0. The summed E-state index contributed by atoms with van der Waals surface area (Å²) in [4.78, 5) is 11.9. The third-order valence-electron chi connectivity index (χ3n) is 4.84. The molecule has 3 aromatic rings. The number of anilines is 2. The lowest BCUT2D eigenvalue weighted by Gasteiger charge is -2.19. The molecule has 0 spiro atoms. The number of aliphatic hydroxyl groups excluding tert-OH is 1. The fourth-order valence-electron chi connectivity index (χ4n) is 3.53. The maximum Gasteiger partial charge on any atom is 0.434 e. The van der Waals surface area contributed by atoms with Gasteiger partial charge in [-0.3, -0.25) is 0 Å². The molecule has 10 heteroatoms. The van der Waals surface area contributed by atoms with Gasteiger partial charge in [0.1, 0.15) is 10.8 Å². The van der Waals surface area contributed by atoms with Gasteiger partial charge in [-0.05, 0) is 37.3 Å². The molecule has 0 saturated heterocycles. The number of aromatic nitrogens is 3. The van der Waals surface area contributed by atoms with Gasteiger partial charge in [-0.2, -0.15) is 18.2 Å². The van der Waals surface area contributed by atoms with Crippen LogP contribution in [0.3, 0.4) is 0 Å². The minimum absolute atomic E-state index is 0.0301. The summed E-state index contributed by atoms with van der Waals surface area (Å²) in [5, 5.41) is 12.6. The van der Waals surface area contributed by atoms with E-state index in [2.05, 4.69) is 20.3 Å². The highest BCUT2D eigenvalue weighted by Gasteiger charge is 2.39. The van der Waals surface area contributed by atoms with Gasteiger partial charge in [0.05, 0.1) is 15.8 Å². The van der Waals surface area contributed by atoms with Crippen molar-refractivity contribution in [3.63, 3.8) is 0 Å². The fourth-order valence-corrected chi connectivity index (χ4v) is 4.55. The van der Waals surface area contributed by atoms with Crippen molar-refractivity contribution in [1.29, 1.82) is 0 Å². The number of nitrogens with zero attached hydrogens (tertiary/aromatic N) is 3. The van der Waals surface area contributed by atoms with Gasteiger partial charge in [-0.1, -0.05) is 12.1 Å². The molecule has 1 aliphatic carbocycles. The number of thiazole rings is 1. The van der Waals surface area contributed by atoms with E-state index < -0.39 is 17.8 Å². The molecule has 0 radical (unpaired) electrons. The molecule has 2 atom stereocenters. The van der Waals surface area contributed by atoms with Gasteiger partial charge in [-0.25, -0.2) is 9.97 Å². The Morgan fingerprint density at radius 3 is 2.64 bits per heavy atom. The Hall–Kier alpha value is -2.46. The minimum atomic E-state index is -4.70. The Morgan fingerprint density at radius 1 is 1.18 bits per heavy atom. The van der Waals surface area contributed by atoms with E-state index in [1.807, 2.05) is 0 Å². The quantitative estimate of drug-likeness (QED) is 0.604. The number of hydrogen-bond acceptors (Lipinski definition) is 7. The van der Waals surface area contributed by atoms with E-state index in [9.17, 15) is 18.3 Å². The van der Waals surface area contributed by atoms with E-state index >= 15 is 0 Å². The van der Waals surface area contributed by atoms with E-state index in [0.717, 1.165) is 28.9 Å². The first-order valence-electron chi connectivity index (χ1n) is 8.83. The Balaban J connectivity index is 1.84. The van der Waals surface area contributed by atoms with Crippen molar-refractivity contribution in [3.05, 3.63) is 30.0 Å². The number of rotatable bonds is 4. The van der Waals surface area contributed by atoms with Crippen LogP contribution in [0.2, 0.25) is 0 Å². The van der Waals surface area contributed by atoms with E-state index in [1.54, 1.807) is 24.3 Å². The molecule has 1 fully saturated rings. The summed E-state index contributed by atoms with van der Waals surface area (Å²) in [6.07, 6.45) is -2.52. The van der Waals surface area contributed by atoms with Crippen molar-refractivity contribution in [1.82, 2.24) is 15.0 Å². The number of hydrogen-bond donors (Lipinski definition) is 3. The third kappa shape index (κ3) is 3.61. The van der Waals surface area contributed by atoms with Crippen molar-refractivity contribution >= 4 is 33.3 Å². The molecule has 2 unspecified atom stereocenters. The van der Waals surface area contributed by atoms with E-state index in [-0.39, 0.29) is 35.0 Å². The maximum absolute atomic E-state index is 13.7. The number of fused-ring (bicyclic) bond motifs is 1. The Morgan fingerprint density at radius 2 is 1.96 bits per heavy atom. The molecule has 0 amide bonds. The lowest BCUT2D eigenvalue weighted by Crippen LogP contribution is -2.21. The predicted molar refractivity (Wildman–Crippen MR) is 102 cm³/mol. The van der Waals surface area contributed by atoms with Gasteiger partial charge in [0.2, 0.25) is 5.95 Å². The van der Waals surface area contributed by atoms with Crippen molar-refractivity contribution in [2.45, 2.75) is 31.5 Å². The first-order valence-corrected chi connectivity index (χ1v) is 9.65. The second kappa shape index (κ2) is 7.17. The van der Waals surface area contributed by atoms with Crippen LogP contribution >= 0.6 is 11.3 Å². The molecule has 1 aromatic carbocycles. The lowest BCUT2D eigenvalue weighted by molar-refractivity contribution is -0.140. The highest BCUT2D eigenvalue weighted by Crippen LogP contribution is 2.43. The number of aliphatic hydroxyl groups is 1. The topological polar surface area (TPSA) is 97.0 Å². The second-order valence-corrected chi connectivity index (χ2v) is 7.87. The highest BCUT2D eigenvalue weighted by molar-refractivity contribution is 7.21. The van der Waals surface area contributed by atoms with Crippen LogP contribution in [0.25, 0.3) is 20.8 Å². The van der Waals surface area contributed by atoms with Crippen LogP contribution in [0.1, 0.15) is 25.0 Å². The van der Waals surface area contributed by atoms with Gasteiger partial charge in [0.25, 0.3) is 0 Å². The molecule has 1 aliphatic rings. The van der Waals surface area contributed by atoms with Crippen molar-refractivity contribution in [3.8, 4) is 10.6 Å². The van der Waals surface area contributed by atoms with Gasteiger partial charge >= 0.3 is 6.18 Å². The number of para-hydroxylation sites is 1. The van der Waals surface area contributed by atoms with Gasteiger partial charge < -0.3 is 16.2 Å². The first-order chi connectivity index (χ1) is 13.3. The Kier molecular flexibility index (Phi) is 4.84. The van der Waals surface area contributed by atoms with Crippen LogP contribution in [0.15, 0.2) is 24.3 Å². The van der Waals surface area contributed by atoms with Crippen LogP contribution in [-0.2, 0) is 6.18 Å². The third-order valence-corrected chi connectivity index (χ3v) is 5.90. The zero-order valence-corrected chi connectivity index (χ0v) is 15.5. The zero-order chi connectivity index (χ0) is 19.9. The molecule has 6 nitrogen and oxygen atoms in total. The standard InChI is InChI=1S/C18H18F3N5OS/c19-18(20,21)14-13(16-24-11-3-1-2-4-12(11)28-16)15(26-17(22)25-14)23-10-6-5-9(7-10)8-27/h1-4,9-10,27H,5-8H2,(H3,22,23,25,26). The molecular formula is C18H18F3N5OS. The molecule has 4 N–H and O–H groups in total. The SMILES string of the molecule is Nc1nc(NC2CCC(CO)C2)c(-c2nc3ccccc3s2)c(C(F)(F)F)n1. The largest absolute Gasteiger partial charge is 0.434 e. The number of benzene rings is 1.